The van der Waals surface area contributed by atoms with Gasteiger partial charge < -0.3 is 14.5 Å². The second-order valence-electron chi connectivity index (χ2n) is 6.55. The highest BCUT2D eigenvalue weighted by molar-refractivity contribution is 6.04. The van der Waals surface area contributed by atoms with Crippen LogP contribution in [0.3, 0.4) is 0 Å². The highest BCUT2D eigenvalue weighted by Crippen LogP contribution is 2.27. The number of urea groups is 1. The number of carbonyl (C=O) groups is 3. The van der Waals surface area contributed by atoms with Gasteiger partial charge in [0, 0.05) is 18.2 Å². The summed E-state index contributed by atoms with van der Waals surface area (Å²) in [6.45, 7) is 2.99. The summed E-state index contributed by atoms with van der Waals surface area (Å²) in [6, 6.07) is 12.9. The Balaban J connectivity index is 2.01. The van der Waals surface area contributed by atoms with Crippen LogP contribution in [-0.2, 0) is 9.53 Å². The predicted molar refractivity (Wildman–Crippen MR) is 110 cm³/mol. The number of nitrogens with one attached hydrogen (secondary N) is 2. The van der Waals surface area contributed by atoms with Crippen LogP contribution >= 0.6 is 0 Å². The highest BCUT2D eigenvalue weighted by atomic mass is 16.5. The van der Waals surface area contributed by atoms with Crippen molar-refractivity contribution in [3.63, 3.8) is 0 Å². The summed E-state index contributed by atoms with van der Waals surface area (Å²) in [6.07, 6.45) is -1.24. The molecule has 2 aromatic carbocycles. The zero-order valence-electron chi connectivity index (χ0n) is 16.6. The first-order chi connectivity index (χ1) is 14.3. The van der Waals surface area contributed by atoms with E-state index in [9.17, 15) is 19.2 Å². The van der Waals surface area contributed by atoms with Gasteiger partial charge in [-0.2, -0.15) is 0 Å². The molecule has 0 aliphatic rings. The number of hydrogen-bond acceptors (Lipinski definition) is 6. The van der Waals surface area contributed by atoms with Gasteiger partial charge in [-0.15, -0.1) is 0 Å². The Morgan fingerprint density at radius 1 is 1.03 bits per heavy atom. The molecule has 0 fully saturated rings. The average molecular weight is 408 g/mol. The van der Waals surface area contributed by atoms with Crippen molar-refractivity contribution in [1.82, 2.24) is 10.6 Å². The first-order valence-corrected chi connectivity index (χ1v) is 9.19. The number of imide groups is 1. The Morgan fingerprint density at radius 3 is 2.40 bits per heavy atom. The van der Waals surface area contributed by atoms with Crippen LogP contribution < -0.4 is 16.1 Å². The van der Waals surface area contributed by atoms with E-state index < -0.39 is 24.0 Å². The van der Waals surface area contributed by atoms with E-state index in [0.717, 1.165) is 0 Å². The maximum absolute atomic E-state index is 12.9. The molecular formula is C22H20N2O6. The molecule has 3 rings (SSSR count). The number of benzene rings is 2. The van der Waals surface area contributed by atoms with Gasteiger partial charge in [-0.05, 0) is 26.0 Å². The fourth-order valence-corrected chi connectivity index (χ4v) is 2.89. The van der Waals surface area contributed by atoms with Crippen molar-refractivity contribution < 1.29 is 23.5 Å². The summed E-state index contributed by atoms with van der Waals surface area (Å²) < 4.78 is 11.1. The summed E-state index contributed by atoms with van der Waals surface area (Å²) in [7, 11) is 1.35. The van der Waals surface area contributed by atoms with Crippen molar-refractivity contribution in [3.05, 3.63) is 69.9 Å². The lowest BCUT2D eigenvalue weighted by Gasteiger charge is -2.14. The maximum atomic E-state index is 12.9. The van der Waals surface area contributed by atoms with Crippen molar-refractivity contribution >= 4 is 28.9 Å². The number of amides is 3. The SMILES string of the molecule is CNC(=O)NC(=O)C(C)OC(=O)c1cccc2c(=O)c(C)c(-c3ccccc3)oc12. The van der Waals surface area contributed by atoms with Gasteiger partial charge in [0.05, 0.1) is 5.39 Å². The van der Waals surface area contributed by atoms with Gasteiger partial charge in [0.2, 0.25) is 0 Å². The normalized spacial score (nSPS) is 11.6. The van der Waals surface area contributed by atoms with E-state index >= 15 is 0 Å². The number of ether oxygens (including phenoxy) is 1. The third-order valence-corrected chi connectivity index (χ3v) is 4.52. The number of para-hydroxylation sites is 1. The molecule has 1 unspecified atom stereocenters. The van der Waals surface area contributed by atoms with Crippen molar-refractivity contribution in [2.75, 3.05) is 7.05 Å². The van der Waals surface area contributed by atoms with E-state index in [0.29, 0.717) is 16.9 Å². The van der Waals surface area contributed by atoms with Crippen LogP contribution in [0.4, 0.5) is 4.79 Å². The lowest BCUT2D eigenvalue weighted by Crippen LogP contribution is -2.43. The van der Waals surface area contributed by atoms with E-state index in [1.54, 1.807) is 25.1 Å². The summed E-state index contributed by atoms with van der Waals surface area (Å²) in [5.74, 6) is -1.30. The molecule has 0 aliphatic heterocycles. The van der Waals surface area contributed by atoms with Crippen LogP contribution in [0.5, 0.6) is 0 Å². The van der Waals surface area contributed by atoms with Crippen LogP contribution in [0.1, 0.15) is 22.8 Å². The molecule has 154 valence electrons. The topological polar surface area (TPSA) is 115 Å². The number of carbonyl (C=O) groups excluding carboxylic acids is 3. The molecule has 8 heteroatoms. The smallest absolute Gasteiger partial charge is 0.342 e. The number of hydrogen-bond donors (Lipinski definition) is 2. The average Bonchev–Trinajstić information content (AvgIpc) is 2.76. The molecule has 1 heterocycles. The fraction of sp³-hybridized carbons (Fsp3) is 0.182. The first kappa shape index (κ1) is 20.8. The largest absolute Gasteiger partial charge is 0.455 e. The van der Waals surface area contributed by atoms with Crippen LogP contribution in [0.25, 0.3) is 22.3 Å². The monoisotopic (exact) mass is 408 g/mol. The molecule has 1 aromatic heterocycles. The summed E-state index contributed by atoms with van der Waals surface area (Å²) in [4.78, 5) is 48.8. The summed E-state index contributed by atoms with van der Waals surface area (Å²) in [5.41, 5.74) is 0.903. The third kappa shape index (κ3) is 4.07. The second kappa shape index (κ2) is 8.60. The zero-order chi connectivity index (χ0) is 21.8. The number of fused-ring (bicyclic) bond motifs is 1. The van der Waals surface area contributed by atoms with Gasteiger partial charge in [-0.3, -0.25) is 14.9 Å². The van der Waals surface area contributed by atoms with Crippen molar-refractivity contribution in [3.8, 4) is 11.3 Å². The molecule has 30 heavy (non-hydrogen) atoms. The molecule has 0 aliphatic carbocycles. The maximum Gasteiger partial charge on any atom is 0.342 e. The van der Waals surface area contributed by atoms with Crippen molar-refractivity contribution in [2.45, 2.75) is 20.0 Å². The molecule has 3 aromatic rings. The lowest BCUT2D eigenvalue weighted by molar-refractivity contribution is -0.127. The minimum absolute atomic E-state index is 0.00127. The zero-order valence-corrected chi connectivity index (χ0v) is 16.6. The summed E-state index contributed by atoms with van der Waals surface area (Å²) in [5, 5.41) is 4.49. The number of rotatable bonds is 4. The molecule has 0 bridgehead atoms. The van der Waals surface area contributed by atoms with E-state index in [2.05, 4.69) is 5.32 Å². The molecule has 0 spiro atoms. The van der Waals surface area contributed by atoms with E-state index in [-0.39, 0.29) is 22.0 Å². The molecule has 0 radical (unpaired) electrons. The number of esters is 1. The van der Waals surface area contributed by atoms with Crippen LogP contribution in [0, 0.1) is 6.92 Å². The molecule has 3 amide bonds. The van der Waals surface area contributed by atoms with Crippen LogP contribution in [0.15, 0.2) is 57.7 Å². The second-order valence-corrected chi connectivity index (χ2v) is 6.55. The standard InChI is InChI=1S/C22H20N2O6/c1-12-17(25)15-10-7-11-16(19(15)30-18(12)14-8-5-4-6-9-14)21(27)29-13(2)20(26)24-22(28)23-3/h4-11,13H,1-3H3,(H2,23,24,26,28). The summed E-state index contributed by atoms with van der Waals surface area (Å²) >= 11 is 0. The quantitative estimate of drug-likeness (QED) is 0.642. The first-order valence-electron chi connectivity index (χ1n) is 9.19. The molecule has 2 N–H and O–H groups in total. The van der Waals surface area contributed by atoms with Gasteiger partial charge >= 0.3 is 12.0 Å². The van der Waals surface area contributed by atoms with Gasteiger partial charge in [-0.25, -0.2) is 9.59 Å². The van der Waals surface area contributed by atoms with Crippen molar-refractivity contribution in [1.29, 1.82) is 0 Å². The fourth-order valence-electron chi connectivity index (χ4n) is 2.89. The Morgan fingerprint density at radius 2 is 1.73 bits per heavy atom. The lowest BCUT2D eigenvalue weighted by atomic mass is 10.0. The Labute approximate surface area is 171 Å². The predicted octanol–water partition coefficient (Wildman–Crippen LogP) is 2.77. The third-order valence-electron chi connectivity index (χ3n) is 4.52. The molecule has 8 nitrogen and oxygen atoms in total. The van der Waals surface area contributed by atoms with Gasteiger partial charge in [0.1, 0.15) is 11.3 Å². The van der Waals surface area contributed by atoms with Crippen molar-refractivity contribution in [2.24, 2.45) is 0 Å². The van der Waals surface area contributed by atoms with E-state index in [1.807, 2.05) is 23.5 Å². The van der Waals surface area contributed by atoms with E-state index in [4.69, 9.17) is 9.15 Å². The van der Waals surface area contributed by atoms with Gasteiger partial charge in [-0.1, -0.05) is 36.4 Å². The van der Waals surface area contributed by atoms with E-state index in [1.165, 1.54) is 26.1 Å². The molecule has 0 saturated heterocycles. The molecular weight excluding hydrogens is 388 g/mol. The van der Waals surface area contributed by atoms with Gasteiger partial charge in [0.25, 0.3) is 5.91 Å². The highest BCUT2D eigenvalue weighted by Gasteiger charge is 2.24. The van der Waals surface area contributed by atoms with Gasteiger partial charge in [0.15, 0.2) is 17.1 Å². The minimum atomic E-state index is -1.24. The minimum Gasteiger partial charge on any atom is -0.455 e. The Hall–Kier alpha value is -3.94. The Bertz CT molecular complexity index is 1180. The molecule has 1 atom stereocenters. The van der Waals surface area contributed by atoms with Crippen LogP contribution in [-0.4, -0.2) is 31.1 Å². The van der Waals surface area contributed by atoms with Crippen LogP contribution in [0.2, 0.25) is 0 Å². The molecule has 0 saturated carbocycles. The Kier molecular flexibility index (Phi) is 5.96.